The minimum atomic E-state index is -1.08. The van der Waals surface area contributed by atoms with Gasteiger partial charge < -0.3 is 25.1 Å². The highest BCUT2D eigenvalue weighted by Gasteiger charge is 2.38. The number of nitrogens with one attached hydrogen (secondary N) is 3. The first kappa shape index (κ1) is 32.0. The van der Waals surface area contributed by atoms with Gasteiger partial charge in [0.25, 0.3) is 5.91 Å². The van der Waals surface area contributed by atoms with Gasteiger partial charge in [-0.2, -0.15) is 5.10 Å². The van der Waals surface area contributed by atoms with E-state index in [9.17, 15) is 19.5 Å². The molecule has 0 saturated carbocycles. The zero-order valence-electron chi connectivity index (χ0n) is 25.8. The molecular formula is C33H34ClFN8O4. The lowest BCUT2D eigenvalue weighted by Gasteiger charge is -2.38. The lowest BCUT2D eigenvalue weighted by atomic mass is 9.90. The van der Waals surface area contributed by atoms with Gasteiger partial charge in [0.2, 0.25) is 5.91 Å². The number of fused-ring (bicyclic) bond motifs is 1. The van der Waals surface area contributed by atoms with Crippen LogP contribution in [0, 0.1) is 5.82 Å². The monoisotopic (exact) mass is 660 g/mol. The Morgan fingerprint density at radius 1 is 1.09 bits per heavy atom. The van der Waals surface area contributed by atoms with Crippen LogP contribution < -0.4 is 26.3 Å². The van der Waals surface area contributed by atoms with E-state index < -0.39 is 29.6 Å². The van der Waals surface area contributed by atoms with Crippen molar-refractivity contribution in [1.29, 1.82) is 0 Å². The van der Waals surface area contributed by atoms with Crippen LogP contribution in [0.3, 0.4) is 0 Å². The first-order valence-corrected chi connectivity index (χ1v) is 15.5. The molecule has 6 rings (SSSR count). The van der Waals surface area contributed by atoms with Gasteiger partial charge in [-0.25, -0.2) is 19.7 Å². The Morgan fingerprint density at radius 3 is 2.55 bits per heavy atom. The first-order valence-electron chi connectivity index (χ1n) is 15.1. The van der Waals surface area contributed by atoms with Crippen molar-refractivity contribution < 1.29 is 23.9 Å². The van der Waals surface area contributed by atoms with Gasteiger partial charge in [-0.1, -0.05) is 23.7 Å². The molecule has 3 aliphatic heterocycles. The third-order valence-corrected chi connectivity index (χ3v) is 9.02. The van der Waals surface area contributed by atoms with Crippen molar-refractivity contribution in [2.45, 2.75) is 24.9 Å². The van der Waals surface area contributed by atoms with Gasteiger partial charge in [0.1, 0.15) is 12.4 Å². The molecule has 3 aliphatic rings. The number of amides is 2. The van der Waals surface area contributed by atoms with Crippen molar-refractivity contribution >= 4 is 58.9 Å². The number of hydrazone groups is 1. The second-order valence-corrected chi connectivity index (χ2v) is 12.1. The van der Waals surface area contributed by atoms with E-state index in [4.69, 9.17) is 11.6 Å². The fourth-order valence-corrected chi connectivity index (χ4v) is 6.42. The van der Waals surface area contributed by atoms with Crippen LogP contribution in [0.2, 0.25) is 5.02 Å². The molecule has 47 heavy (non-hydrogen) atoms. The Morgan fingerprint density at radius 2 is 1.87 bits per heavy atom. The minimum Gasteiger partial charge on any atom is -0.478 e. The van der Waals surface area contributed by atoms with Gasteiger partial charge >= 0.3 is 5.97 Å². The maximum Gasteiger partial charge on any atom is 0.335 e. The number of hydrogen-bond acceptors (Lipinski definition) is 9. The molecule has 0 bridgehead atoms. The molecule has 4 N–H and O–H groups in total. The van der Waals surface area contributed by atoms with Gasteiger partial charge in [-0.15, -0.1) is 5.53 Å². The quantitative estimate of drug-likeness (QED) is 0.266. The van der Waals surface area contributed by atoms with Gasteiger partial charge in [0, 0.05) is 48.7 Å². The molecular weight excluding hydrogens is 627 g/mol. The molecule has 0 aromatic heterocycles. The van der Waals surface area contributed by atoms with Crippen LogP contribution in [0.4, 0.5) is 21.5 Å². The summed E-state index contributed by atoms with van der Waals surface area (Å²) in [6.45, 7) is 1.96. The number of nitrogens with zero attached hydrogens (tertiary/aromatic N) is 5. The lowest BCUT2D eigenvalue weighted by Crippen LogP contribution is -2.45. The summed E-state index contributed by atoms with van der Waals surface area (Å²) in [5.41, 5.74) is 8.91. The fraction of sp³-hybridized carbons (Fsp3) is 0.273. The van der Waals surface area contributed by atoms with E-state index in [1.165, 1.54) is 58.7 Å². The molecule has 244 valence electrons. The molecule has 1 fully saturated rings. The van der Waals surface area contributed by atoms with E-state index in [-0.39, 0.29) is 22.7 Å². The third-order valence-electron chi connectivity index (χ3n) is 8.73. The largest absolute Gasteiger partial charge is 0.478 e. The van der Waals surface area contributed by atoms with Gasteiger partial charge in [-0.3, -0.25) is 9.59 Å². The van der Waals surface area contributed by atoms with Crippen LogP contribution >= 0.6 is 11.6 Å². The molecule has 3 heterocycles. The van der Waals surface area contributed by atoms with E-state index in [2.05, 4.69) is 51.4 Å². The smallest absolute Gasteiger partial charge is 0.335 e. The highest BCUT2D eigenvalue weighted by molar-refractivity contribution is 6.31. The molecule has 0 spiro atoms. The number of carboxylic acid groups (broad SMARTS) is 1. The van der Waals surface area contributed by atoms with Crippen molar-refractivity contribution in [2.75, 3.05) is 49.0 Å². The highest BCUT2D eigenvalue weighted by atomic mass is 35.5. The number of hydrazine groups is 2. The summed E-state index contributed by atoms with van der Waals surface area (Å²) in [5, 5.41) is 17.3. The van der Waals surface area contributed by atoms with E-state index in [1.54, 1.807) is 6.07 Å². The Hall–Kier alpha value is -4.98. The van der Waals surface area contributed by atoms with E-state index >= 15 is 4.39 Å². The molecule has 0 aliphatic carbocycles. The lowest BCUT2D eigenvalue weighted by molar-refractivity contribution is -0.135. The number of carbonyl (C=O) groups excluding carboxylic acids is 2. The number of anilines is 3. The standard InChI is InChI=1S/C33H34ClFN8O4/c1-40(2)22-14-16-41(18-22)27-5-3-4-24-23(27)15-17-42(31(24)32(45)37-21-8-6-20(7-9-21)33(46)47)29(44)13-10-25-28(43-19-36-38-39-43)12-11-26(34)30(25)35/h3-13,19,22,31,38-39H,14-18H2,1-2H3,(H,37,45)(H,46,47)/b13-10+/t22-,31-/m0/s1. The topological polar surface area (TPSA) is 133 Å². The number of aromatic carboxylic acids is 1. The minimum absolute atomic E-state index is 0.0530. The summed E-state index contributed by atoms with van der Waals surface area (Å²) in [7, 11) is 4.14. The number of likely N-dealkylation sites (N-methyl/N-ethyl adjacent to an activating group) is 1. The maximum atomic E-state index is 15.3. The second-order valence-electron chi connectivity index (χ2n) is 11.7. The number of benzene rings is 3. The maximum absolute atomic E-state index is 15.3. The summed E-state index contributed by atoms with van der Waals surface area (Å²) >= 11 is 6.09. The van der Waals surface area contributed by atoms with Crippen molar-refractivity contribution in [3.05, 3.63) is 93.8 Å². The Bertz CT molecular complexity index is 1770. The van der Waals surface area contributed by atoms with Crippen molar-refractivity contribution in [3.8, 4) is 0 Å². The number of hydrogen-bond donors (Lipinski definition) is 4. The van der Waals surface area contributed by atoms with E-state index in [1.807, 2.05) is 12.1 Å². The second kappa shape index (κ2) is 13.4. The average Bonchev–Trinajstić information content (AvgIpc) is 3.78. The van der Waals surface area contributed by atoms with Crippen LogP contribution in [0.25, 0.3) is 6.08 Å². The molecule has 3 aromatic rings. The molecule has 14 heteroatoms. The van der Waals surface area contributed by atoms with Crippen molar-refractivity contribution in [2.24, 2.45) is 5.10 Å². The molecule has 0 unspecified atom stereocenters. The fourth-order valence-electron chi connectivity index (χ4n) is 6.25. The van der Waals surface area contributed by atoms with Crippen LogP contribution in [0.5, 0.6) is 0 Å². The summed E-state index contributed by atoms with van der Waals surface area (Å²) in [4.78, 5) is 45.3. The molecule has 3 aromatic carbocycles. The summed E-state index contributed by atoms with van der Waals surface area (Å²) in [5.74, 6) is -2.76. The normalized spacial score (nSPS) is 19.0. The molecule has 1 saturated heterocycles. The van der Waals surface area contributed by atoms with Crippen molar-refractivity contribution in [1.82, 2.24) is 20.9 Å². The average molecular weight is 661 g/mol. The third kappa shape index (κ3) is 6.50. The highest BCUT2D eigenvalue weighted by Crippen LogP contribution is 2.38. The summed E-state index contributed by atoms with van der Waals surface area (Å²) in [6, 6.07) is 14.0. The van der Waals surface area contributed by atoms with Crippen LogP contribution in [0.1, 0.15) is 39.5 Å². The van der Waals surface area contributed by atoms with Gasteiger partial charge in [0.05, 0.1) is 16.3 Å². The van der Waals surface area contributed by atoms with Crippen LogP contribution in [-0.4, -0.2) is 78.8 Å². The molecule has 2 atom stereocenters. The number of rotatable bonds is 8. The SMILES string of the molecule is CN(C)[C@H]1CCN(c2cccc3c2CCN(C(=O)/C=C/c2c(N4C=NNN4)ccc(Cl)c2F)[C@@H]3C(=O)Nc2ccc(C(=O)O)cc2)C1. The van der Waals surface area contributed by atoms with E-state index in [0.717, 1.165) is 30.8 Å². The van der Waals surface area contributed by atoms with Crippen molar-refractivity contribution in [3.63, 3.8) is 0 Å². The van der Waals surface area contributed by atoms with Gasteiger partial charge in [-0.05, 0) is 86.6 Å². The Kier molecular flexibility index (Phi) is 9.12. The van der Waals surface area contributed by atoms with Crippen LogP contribution in [0.15, 0.2) is 65.8 Å². The molecule has 2 amide bonds. The zero-order chi connectivity index (χ0) is 33.2. The molecule has 0 radical (unpaired) electrons. The number of carbonyl (C=O) groups is 3. The number of halogens is 2. The van der Waals surface area contributed by atoms with E-state index in [0.29, 0.717) is 29.4 Å². The first-order chi connectivity index (χ1) is 22.6. The Labute approximate surface area is 276 Å². The predicted octanol–water partition coefficient (Wildman–Crippen LogP) is 3.87. The number of carboxylic acids is 1. The Balaban J connectivity index is 1.34. The van der Waals surface area contributed by atoms with Gasteiger partial charge in [0.15, 0.2) is 5.82 Å². The molecule has 12 nitrogen and oxygen atoms in total. The summed E-state index contributed by atoms with van der Waals surface area (Å²) in [6.07, 6.45) is 5.51. The zero-order valence-corrected chi connectivity index (χ0v) is 26.5. The predicted molar refractivity (Wildman–Crippen MR) is 179 cm³/mol. The van der Waals surface area contributed by atoms with Crippen LogP contribution in [-0.2, 0) is 16.0 Å². The summed E-state index contributed by atoms with van der Waals surface area (Å²) < 4.78 is 15.3.